The van der Waals surface area contributed by atoms with E-state index in [2.05, 4.69) is 30.6 Å². The highest BCUT2D eigenvalue weighted by atomic mass is 19.3. The van der Waals surface area contributed by atoms with E-state index in [0.29, 0.717) is 77.9 Å². The number of aromatic nitrogens is 4. The number of H-pyrrole nitrogens is 2. The lowest BCUT2D eigenvalue weighted by Gasteiger charge is -2.27. The van der Waals surface area contributed by atoms with Gasteiger partial charge in [0.2, 0.25) is 11.8 Å². The number of alkyl carbamates (subject to hydrolysis) is 1. The van der Waals surface area contributed by atoms with Crippen molar-refractivity contribution in [2.75, 3.05) is 26.9 Å². The van der Waals surface area contributed by atoms with Gasteiger partial charge in [-0.15, -0.1) is 0 Å². The Hall–Kier alpha value is -5.11. The number of ether oxygens (including phenoxy) is 2. The molecular weight excluding hydrogens is 708 g/mol. The van der Waals surface area contributed by atoms with Gasteiger partial charge < -0.3 is 35.0 Å². The Bertz CT molecular complexity index is 2040. The number of imidazole rings is 2. The van der Waals surface area contributed by atoms with E-state index in [1.165, 1.54) is 19.2 Å². The second-order valence-corrected chi connectivity index (χ2v) is 15.2. The van der Waals surface area contributed by atoms with E-state index in [1.807, 2.05) is 31.7 Å². The van der Waals surface area contributed by atoms with Crippen LogP contribution < -0.4 is 10.6 Å². The smallest absolute Gasteiger partial charge is 0.407 e. The standard InChI is InChI=1S/C41H49F2N7O5/c1-23(2)24(3)39(52)50-16-8-10-35(50)37-45-22-34(47-37)26-12-14-28-27-13-11-25(19-29(27)41(42,43)30(28)20-26)33-21-44-36(46-33)31-15-18-55-17-7-5-6-9-32(38(51)48-31)49-40(53)54-4/h11-14,19-24,31-32,35H,5-10,15-18H2,1-4H3,(H,44,46)(H,45,47)(H,48,51)(H,49,53)/t24-,31-,32-,35-/m0/s1. The lowest BCUT2D eigenvalue weighted by atomic mass is 9.96. The first-order valence-corrected chi connectivity index (χ1v) is 19.3. The Kier molecular flexibility index (Phi) is 11.1. The van der Waals surface area contributed by atoms with E-state index in [-0.39, 0.29) is 40.8 Å². The molecule has 4 heterocycles. The molecule has 0 bridgehead atoms. The minimum Gasteiger partial charge on any atom is -0.453 e. The highest BCUT2D eigenvalue weighted by Gasteiger charge is 2.45. The molecule has 2 aromatic carbocycles. The number of amides is 3. The summed E-state index contributed by atoms with van der Waals surface area (Å²) in [6, 6.07) is 8.51. The number of aromatic amines is 2. The molecule has 0 unspecified atom stereocenters. The molecule has 4 aromatic rings. The lowest BCUT2D eigenvalue weighted by Crippen LogP contribution is -2.48. The zero-order chi connectivity index (χ0) is 38.9. The molecular formula is C41H49F2N7O5. The number of hydrogen-bond acceptors (Lipinski definition) is 7. The largest absolute Gasteiger partial charge is 0.453 e. The van der Waals surface area contributed by atoms with Crippen LogP contribution in [0.2, 0.25) is 0 Å². The van der Waals surface area contributed by atoms with Gasteiger partial charge in [-0.05, 0) is 61.3 Å². The highest BCUT2D eigenvalue weighted by molar-refractivity contribution is 5.86. The topological polar surface area (TPSA) is 154 Å². The van der Waals surface area contributed by atoms with Crippen LogP contribution in [0, 0.1) is 11.8 Å². The number of fused-ring (bicyclic) bond motifs is 3. The number of nitrogens with zero attached hydrogens (tertiary/aromatic N) is 3. The first-order chi connectivity index (χ1) is 26.5. The maximum absolute atomic E-state index is 16.4. The third-order valence-electron chi connectivity index (χ3n) is 11.3. The summed E-state index contributed by atoms with van der Waals surface area (Å²) in [4.78, 5) is 56.2. The van der Waals surface area contributed by atoms with Gasteiger partial charge in [0.05, 0.1) is 43.0 Å². The number of methoxy groups -OCH3 is 1. The Balaban J connectivity index is 1.10. The van der Waals surface area contributed by atoms with Gasteiger partial charge in [0.1, 0.15) is 17.7 Å². The number of alkyl halides is 2. The molecule has 1 aliphatic carbocycles. The zero-order valence-electron chi connectivity index (χ0n) is 31.7. The van der Waals surface area contributed by atoms with Gasteiger partial charge in [0.25, 0.3) is 5.92 Å². The maximum atomic E-state index is 16.4. The number of carbonyl (C=O) groups is 3. The fourth-order valence-electron chi connectivity index (χ4n) is 7.78. The third-order valence-corrected chi connectivity index (χ3v) is 11.3. The Morgan fingerprint density at radius 1 is 0.891 bits per heavy atom. The maximum Gasteiger partial charge on any atom is 0.407 e. The molecule has 0 saturated carbocycles. The average Bonchev–Trinajstić information content (AvgIpc) is 4.00. The van der Waals surface area contributed by atoms with Gasteiger partial charge >= 0.3 is 6.09 Å². The fourth-order valence-corrected chi connectivity index (χ4v) is 7.78. The summed E-state index contributed by atoms with van der Waals surface area (Å²) < 4.78 is 43.3. The molecule has 4 atom stereocenters. The minimum absolute atomic E-state index is 0.0897. The molecule has 3 aliphatic rings. The highest BCUT2D eigenvalue weighted by Crippen LogP contribution is 2.52. The van der Waals surface area contributed by atoms with Crippen molar-refractivity contribution in [3.05, 3.63) is 71.6 Å². The minimum atomic E-state index is -3.27. The van der Waals surface area contributed by atoms with Gasteiger partial charge in [-0.1, -0.05) is 57.9 Å². The van der Waals surface area contributed by atoms with Crippen LogP contribution in [0.15, 0.2) is 48.8 Å². The molecule has 3 amide bonds. The number of nitrogens with one attached hydrogen (secondary N) is 4. The van der Waals surface area contributed by atoms with Crippen molar-refractivity contribution < 1.29 is 32.6 Å². The van der Waals surface area contributed by atoms with Gasteiger partial charge in [0, 0.05) is 47.9 Å². The summed E-state index contributed by atoms with van der Waals surface area (Å²) in [6.45, 7) is 7.66. The molecule has 2 saturated heterocycles. The number of halogens is 2. The molecule has 12 nitrogen and oxygen atoms in total. The zero-order valence-corrected chi connectivity index (χ0v) is 31.7. The summed E-state index contributed by atoms with van der Waals surface area (Å²) in [5, 5.41) is 5.61. The number of hydrogen-bond donors (Lipinski definition) is 4. The second kappa shape index (κ2) is 15.9. The molecule has 14 heteroatoms. The number of likely N-dealkylation sites (tertiary alicyclic amines) is 1. The van der Waals surface area contributed by atoms with E-state index < -0.39 is 24.1 Å². The molecule has 2 fully saturated rings. The monoisotopic (exact) mass is 757 g/mol. The Morgan fingerprint density at radius 3 is 2.20 bits per heavy atom. The molecule has 292 valence electrons. The summed E-state index contributed by atoms with van der Waals surface area (Å²) in [7, 11) is 1.25. The van der Waals surface area contributed by atoms with Crippen LogP contribution in [-0.2, 0) is 25.0 Å². The van der Waals surface area contributed by atoms with Crippen molar-refractivity contribution in [1.82, 2.24) is 35.5 Å². The van der Waals surface area contributed by atoms with Crippen molar-refractivity contribution in [2.24, 2.45) is 11.8 Å². The first kappa shape index (κ1) is 38.2. The second-order valence-electron chi connectivity index (χ2n) is 15.2. The SMILES string of the molecule is COC(=O)N[C@H]1CCCCCOCC[C@@H](c2ncc(-c3ccc4c(c3)C(F)(F)c3cc(-c5cnc([C@@H]6CCCN6C(=O)[C@@H](C)C(C)C)[nH]5)ccc3-4)[nH]2)NC1=O. The summed E-state index contributed by atoms with van der Waals surface area (Å²) in [5.41, 5.74) is 2.95. The molecule has 2 aliphatic heterocycles. The van der Waals surface area contributed by atoms with Gasteiger partial charge in [-0.3, -0.25) is 9.59 Å². The van der Waals surface area contributed by atoms with Crippen LogP contribution >= 0.6 is 0 Å². The first-order valence-electron chi connectivity index (χ1n) is 19.3. The number of rotatable bonds is 7. The van der Waals surface area contributed by atoms with Crippen LogP contribution in [0.5, 0.6) is 0 Å². The summed E-state index contributed by atoms with van der Waals surface area (Å²) in [6.07, 6.45) is 7.47. The normalized spacial score (nSPS) is 21.9. The van der Waals surface area contributed by atoms with E-state index in [4.69, 9.17) is 9.47 Å². The summed E-state index contributed by atoms with van der Waals surface area (Å²) in [5.74, 6) is -2.32. The number of benzene rings is 2. The average molecular weight is 758 g/mol. The Morgan fingerprint density at radius 2 is 1.55 bits per heavy atom. The van der Waals surface area contributed by atoms with Crippen LogP contribution in [0.3, 0.4) is 0 Å². The van der Waals surface area contributed by atoms with Crippen molar-refractivity contribution in [3.63, 3.8) is 0 Å². The van der Waals surface area contributed by atoms with E-state index in [0.717, 1.165) is 32.1 Å². The van der Waals surface area contributed by atoms with Crippen LogP contribution in [0.4, 0.5) is 13.6 Å². The Labute approximate surface area is 319 Å². The van der Waals surface area contributed by atoms with Crippen molar-refractivity contribution in [1.29, 1.82) is 0 Å². The molecule has 0 radical (unpaired) electrons. The summed E-state index contributed by atoms with van der Waals surface area (Å²) >= 11 is 0. The van der Waals surface area contributed by atoms with Crippen LogP contribution in [0.1, 0.15) is 101 Å². The lowest BCUT2D eigenvalue weighted by molar-refractivity contribution is -0.137. The van der Waals surface area contributed by atoms with E-state index in [9.17, 15) is 14.4 Å². The molecule has 7 rings (SSSR count). The van der Waals surface area contributed by atoms with Gasteiger partial charge in [-0.2, -0.15) is 8.78 Å². The van der Waals surface area contributed by atoms with Crippen LogP contribution in [-0.4, -0.2) is 75.7 Å². The van der Waals surface area contributed by atoms with Crippen molar-refractivity contribution >= 4 is 17.9 Å². The quantitative estimate of drug-likeness (QED) is 0.153. The van der Waals surface area contributed by atoms with Crippen molar-refractivity contribution in [2.45, 2.75) is 89.8 Å². The predicted octanol–water partition coefficient (Wildman–Crippen LogP) is 7.41. The fraction of sp³-hybridized carbons (Fsp3) is 0.488. The molecule has 2 aromatic heterocycles. The molecule has 0 spiro atoms. The predicted molar refractivity (Wildman–Crippen MR) is 202 cm³/mol. The van der Waals surface area contributed by atoms with Gasteiger partial charge in [0.15, 0.2) is 0 Å². The van der Waals surface area contributed by atoms with Crippen molar-refractivity contribution in [3.8, 4) is 33.6 Å². The molecule has 55 heavy (non-hydrogen) atoms. The number of carbonyl (C=O) groups excluding carboxylic acids is 3. The third kappa shape index (κ3) is 7.73. The van der Waals surface area contributed by atoms with E-state index >= 15 is 8.78 Å². The molecule has 4 N–H and O–H groups in total. The van der Waals surface area contributed by atoms with Crippen LogP contribution in [0.25, 0.3) is 33.6 Å². The van der Waals surface area contributed by atoms with E-state index in [1.54, 1.807) is 30.6 Å². The van der Waals surface area contributed by atoms with Gasteiger partial charge in [-0.25, -0.2) is 14.8 Å².